The van der Waals surface area contributed by atoms with Crippen LogP contribution in [0.25, 0.3) is 16.5 Å². The van der Waals surface area contributed by atoms with E-state index in [-0.39, 0.29) is 5.69 Å². The van der Waals surface area contributed by atoms with E-state index in [9.17, 15) is 22.4 Å². The Kier molecular flexibility index (Phi) is 4.28. The zero-order chi connectivity index (χ0) is 21.8. The Morgan fingerprint density at radius 1 is 0.968 bits per heavy atom. The summed E-state index contributed by atoms with van der Waals surface area (Å²) in [5, 5.41) is 11.3. The molecule has 156 valence electrons. The summed E-state index contributed by atoms with van der Waals surface area (Å²) in [5.74, 6) is -1.64. The van der Waals surface area contributed by atoms with Gasteiger partial charge in [-0.3, -0.25) is 4.79 Å². The van der Waals surface area contributed by atoms with Gasteiger partial charge in [0.05, 0.1) is 5.69 Å². The first kappa shape index (κ1) is 19.2. The maximum absolute atomic E-state index is 13.8. The van der Waals surface area contributed by atoms with Gasteiger partial charge in [-0.1, -0.05) is 29.5 Å². The van der Waals surface area contributed by atoms with Gasteiger partial charge in [0.25, 0.3) is 5.91 Å². The molecule has 3 aromatic carbocycles. The van der Waals surface area contributed by atoms with E-state index in [1.165, 1.54) is 0 Å². The van der Waals surface area contributed by atoms with E-state index in [1.807, 2.05) is 24.3 Å². The Labute approximate surface area is 173 Å². The first-order valence-corrected chi connectivity index (χ1v) is 9.46. The number of hydrogen-bond donors (Lipinski definition) is 1. The lowest BCUT2D eigenvalue weighted by atomic mass is 10.0. The van der Waals surface area contributed by atoms with Crippen molar-refractivity contribution in [3.63, 3.8) is 0 Å². The summed E-state index contributed by atoms with van der Waals surface area (Å²) in [4.78, 5) is 12.8. The fourth-order valence-corrected chi connectivity index (χ4v) is 3.99. The average Bonchev–Trinajstić information content (AvgIpc) is 3.36. The molecule has 0 bridgehead atoms. The van der Waals surface area contributed by atoms with Gasteiger partial charge in [-0.05, 0) is 59.7 Å². The van der Waals surface area contributed by atoms with Crippen molar-refractivity contribution in [2.45, 2.75) is 19.0 Å². The molecular weight excluding hydrogens is 412 g/mol. The molecule has 4 aromatic rings. The van der Waals surface area contributed by atoms with Crippen LogP contribution in [0, 0.1) is 5.82 Å². The van der Waals surface area contributed by atoms with Crippen LogP contribution >= 0.6 is 0 Å². The second kappa shape index (κ2) is 6.90. The van der Waals surface area contributed by atoms with E-state index in [1.54, 1.807) is 6.07 Å². The van der Waals surface area contributed by atoms with Crippen molar-refractivity contribution in [1.29, 1.82) is 0 Å². The number of nitrogens with one attached hydrogen (secondary N) is 1. The third kappa shape index (κ3) is 3.22. The van der Waals surface area contributed by atoms with Gasteiger partial charge in [0.1, 0.15) is 5.82 Å². The van der Waals surface area contributed by atoms with Gasteiger partial charge in [0.2, 0.25) is 0 Å². The number of carbonyl (C=O) groups is 1. The highest BCUT2D eigenvalue weighted by atomic mass is 19.4. The van der Waals surface area contributed by atoms with E-state index < -0.39 is 29.3 Å². The summed E-state index contributed by atoms with van der Waals surface area (Å²) >= 11 is 0. The Morgan fingerprint density at radius 3 is 2.39 bits per heavy atom. The molecule has 1 aliphatic carbocycles. The van der Waals surface area contributed by atoms with Crippen LogP contribution in [0.2, 0.25) is 0 Å². The van der Waals surface area contributed by atoms with Gasteiger partial charge in [-0.2, -0.15) is 13.2 Å². The normalized spacial score (nSPS) is 13.0. The number of carbonyl (C=O) groups excluding carboxylic acids is 1. The van der Waals surface area contributed by atoms with Crippen LogP contribution in [-0.4, -0.2) is 20.9 Å². The van der Waals surface area contributed by atoms with E-state index >= 15 is 0 Å². The van der Waals surface area contributed by atoms with Gasteiger partial charge in [-0.15, -0.1) is 5.10 Å². The predicted octanol–water partition coefficient (Wildman–Crippen LogP) is 4.93. The van der Waals surface area contributed by atoms with Crippen LogP contribution in [0.1, 0.15) is 27.3 Å². The van der Waals surface area contributed by atoms with Crippen molar-refractivity contribution < 1.29 is 22.4 Å². The van der Waals surface area contributed by atoms with E-state index in [0.717, 1.165) is 59.0 Å². The molecule has 0 saturated carbocycles. The number of benzene rings is 3. The van der Waals surface area contributed by atoms with Crippen LogP contribution < -0.4 is 5.32 Å². The molecule has 0 unspecified atom stereocenters. The topological polar surface area (TPSA) is 59.8 Å². The van der Waals surface area contributed by atoms with Gasteiger partial charge < -0.3 is 5.32 Å². The summed E-state index contributed by atoms with van der Waals surface area (Å²) in [6, 6.07) is 13.5. The minimum atomic E-state index is -4.91. The minimum absolute atomic E-state index is 0.0642. The third-order valence-electron chi connectivity index (χ3n) is 5.35. The largest absolute Gasteiger partial charge is 0.435 e. The lowest BCUT2D eigenvalue weighted by Gasteiger charge is -2.12. The molecule has 0 radical (unpaired) electrons. The molecule has 0 atom stereocenters. The molecule has 1 N–H and O–H groups in total. The van der Waals surface area contributed by atoms with Crippen LogP contribution in [0.5, 0.6) is 0 Å². The fourth-order valence-electron chi connectivity index (χ4n) is 3.99. The maximum Gasteiger partial charge on any atom is 0.435 e. The first-order valence-electron chi connectivity index (χ1n) is 9.46. The van der Waals surface area contributed by atoms with Crippen LogP contribution in [0.4, 0.5) is 23.2 Å². The Hall–Kier alpha value is -3.75. The number of anilines is 1. The summed E-state index contributed by atoms with van der Waals surface area (Å²) in [6.07, 6.45) is -3.14. The zero-order valence-electron chi connectivity index (χ0n) is 15.9. The maximum atomic E-state index is 13.8. The molecule has 31 heavy (non-hydrogen) atoms. The third-order valence-corrected chi connectivity index (χ3v) is 5.35. The van der Waals surface area contributed by atoms with Crippen molar-refractivity contribution in [2.24, 2.45) is 0 Å². The monoisotopic (exact) mass is 426 g/mol. The zero-order valence-corrected chi connectivity index (χ0v) is 15.9. The molecule has 0 fully saturated rings. The summed E-state index contributed by atoms with van der Waals surface area (Å²) in [7, 11) is 0. The molecule has 0 spiro atoms. The molecule has 5 nitrogen and oxygen atoms in total. The van der Waals surface area contributed by atoms with Gasteiger partial charge in [0, 0.05) is 11.1 Å². The lowest BCUT2D eigenvalue weighted by molar-refractivity contribution is -0.143. The van der Waals surface area contributed by atoms with Crippen molar-refractivity contribution >= 4 is 22.4 Å². The fraction of sp³-hybridized carbons (Fsp3) is 0.136. The van der Waals surface area contributed by atoms with Crippen LogP contribution in [0.15, 0.2) is 54.6 Å². The summed E-state index contributed by atoms with van der Waals surface area (Å²) in [5.41, 5.74) is 0.425. The van der Waals surface area contributed by atoms with E-state index in [0.29, 0.717) is 10.4 Å². The number of halogens is 4. The number of amides is 1. The SMILES string of the molecule is O=C(Nc1ccc2c3c(cccc13)CC2)c1nnn(-c2ccc(F)cc2)c1C(F)(F)F. The second-order valence-corrected chi connectivity index (χ2v) is 7.24. The Morgan fingerprint density at radius 2 is 1.68 bits per heavy atom. The minimum Gasteiger partial charge on any atom is -0.320 e. The molecule has 1 amide bonds. The van der Waals surface area contributed by atoms with Gasteiger partial charge in [0.15, 0.2) is 11.4 Å². The van der Waals surface area contributed by atoms with Gasteiger partial charge >= 0.3 is 6.18 Å². The number of rotatable bonds is 3. The van der Waals surface area contributed by atoms with Crippen molar-refractivity contribution in [3.05, 3.63) is 82.9 Å². The highest BCUT2D eigenvalue weighted by molar-refractivity contribution is 6.10. The standard InChI is InChI=1S/C22H14F4N4O/c23-14-7-9-15(10-8-14)30-20(22(24,25)26)19(28-29-30)21(31)27-17-11-6-13-5-4-12-2-1-3-16(17)18(12)13/h1-3,6-11H,4-5H2,(H,27,31). The lowest BCUT2D eigenvalue weighted by Crippen LogP contribution is -2.21. The van der Waals surface area contributed by atoms with Crippen molar-refractivity contribution in [3.8, 4) is 5.69 Å². The van der Waals surface area contributed by atoms with Crippen molar-refractivity contribution in [2.75, 3.05) is 5.32 Å². The molecule has 1 aliphatic rings. The summed E-state index contributed by atoms with van der Waals surface area (Å²) < 4.78 is 55.1. The molecular formula is C22H14F4N4O. The van der Waals surface area contributed by atoms with Crippen LogP contribution in [-0.2, 0) is 19.0 Å². The van der Waals surface area contributed by atoms with E-state index in [2.05, 4.69) is 15.6 Å². The van der Waals surface area contributed by atoms with Crippen molar-refractivity contribution in [1.82, 2.24) is 15.0 Å². The average molecular weight is 426 g/mol. The molecule has 1 aromatic heterocycles. The Bertz CT molecular complexity index is 1320. The molecule has 0 saturated heterocycles. The quantitative estimate of drug-likeness (QED) is 0.473. The Balaban J connectivity index is 1.56. The number of alkyl halides is 3. The second-order valence-electron chi connectivity index (χ2n) is 7.24. The molecule has 0 aliphatic heterocycles. The number of nitrogens with zero attached hydrogens (tertiary/aromatic N) is 3. The van der Waals surface area contributed by atoms with E-state index in [4.69, 9.17) is 0 Å². The summed E-state index contributed by atoms with van der Waals surface area (Å²) in [6.45, 7) is 0. The highest BCUT2D eigenvalue weighted by Gasteiger charge is 2.42. The number of aromatic nitrogens is 3. The predicted molar refractivity (Wildman–Crippen MR) is 106 cm³/mol. The highest BCUT2D eigenvalue weighted by Crippen LogP contribution is 2.36. The van der Waals surface area contributed by atoms with Gasteiger partial charge in [-0.25, -0.2) is 9.07 Å². The number of hydrogen-bond acceptors (Lipinski definition) is 3. The molecule has 9 heteroatoms. The smallest absolute Gasteiger partial charge is 0.320 e. The van der Waals surface area contributed by atoms with Crippen LogP contribution in [0.3, 0.4) is 0 Å². The number of aryl methyl sites for hydroxylation is 2. The first-order chi connectivity index (χ1) is 14.8. The molecule has 5 rings (SSSR count). The molecule has 1 heterocycles.